The van der Waals surface area contributed by atoms with Gasteiger partial charge in [-0.2, -0.15) is 0 Å². The lowest BCUT2D eigenvalue weighted by molar-refractivity contribution is 1.02. The third-order valence-electron chi connectivity index (χ3n) is 2.50. The normalized spacial score (nSPS) is 13.3. The van der Waals surface area contributed by atoms with Crippen molar-refractivity contribution >= 4 is 28.1 Å². The van der Waals surface area contributed by atoms with Gasteiger partial charge in [-0.1, -0.05) is 24.3 Å². The molecule has 0 unspecified atom stereocenters. The molecule has 0 saturated heterocycles. The van der Waals surface area contributed by atoms with E-state index in [0.29, 0.717) is 5.96 Å². The summed E-state index contributed by atoms with van der Waals surface area (Å²) in [6.45, 7) is 0. The van der Waals surface area contributed by atoms with Crippen LogP contribution in [0.5, 0.6) is 0 Å². The molecule has 4 N–H and O–H groups in total. The maximum Gasteiger partial charge on any atom is 0.215 e. The fourth-order valence-electron chi connectivity index (χ4n) is 1.86. The Morgan fingerprint density at radius 1 is 1.13 bits per heavy atom. The van der Waals surface area contributed by atoms with Crippen molar-refractivity contribution in [1.82, 2.24) is 5.43 Å². The van der Waals surface area contributed by atoms with Crippen LogP contribution in [0.2, 0.25) is 0 Å². The van der Waals surface area contributed by atoms with Gasteiger partial charge in [0.2, 0.25) is 5.96 Å². The number of nitrogens with two attached hydrogens (primary N) is 1. The summed E-state index contributed by atoms with van der Waals surface area (Å²) in [4.78, 5) is 4.35. The highest BCUT2D eigenvalue weighted by molar-refractivity contribution is 6.12. The molecule has 2 aromatic rings. The molecule has 0 atom stereocenters. The van der Waals surface area contributed by atoms with E-state index in [1.807, 2.05) is 24.3 Å². The number of hydrazine groups is 1. The number of hydrogen-bond acceptors (Lipinski definition) is 4. The molecule has 0 amide bonds. The zero-order valence-corrected chi connectivity index (χ0v) is 7.99. The average Bonchev–Trinajstić information content (AvgIpc) is 2.29. The highest BCUT2D eigenvalue weighted by Crippen LogP contribution is 2.34. The van der Waals surface area contributed by atoms with E-state index in [4.69, 9.17) is 5.84 Å². The number of nitrogens with zero attached hydrogens (tertiary/aromatic N) is 1. The van der Waals surface area contributed by atoms with Crippen molar-refractivity contribution in [1.29, 1.82) is 0 Å². The number of aliphatic imine (C=N–C) groups is 1. The van der Waals surface area contributed by atoms with E-state index in [2.05, 4.69) is 27.9 Å². The second kappa shape index (κ2) is 2.96. The largest absolute Gasteiger partial charge is 0.324 e. The summed E-state index contributed by atoms with van der Waals surface area (Å²) in [5.41, 5.74) is 4.50. The van der Waals surface area contributed by atoms with Gasteiger partial charge in [-0.15, -0.1) is 0 Å². The average molecular weight is 198 g/mol. The van der Waals surface area contributed by atoms with Crippen LogP contribution in [0.4, 0.5) is 11.4 Å². The molecule has 0 spiro atoms. The Morgan fingerprint density at radius 3 is 2.73 bits per heavy atom. The molecule has 1 heterocycles. The molecule has 0 radical (unpaired) electrons. The zero-order valence-electron chi connectivity index (χ0n) is 7.99. The Bertz CT molecular complexity index is 554. The molecule has 3 rings (SSSR count). The Morgan fingerprint density at radius 2 is 1.93 bits per heavy atom. The van der Waals surface area contributed by atoms with Crippen molar-refractivity contribution in [2.24, 2.45) is 10.8 Å². The van der Waals surface area contributed by atoms with Gasteiger partial charge in [-0.05, 0) is 17.5 Å². The SMILES string of the molecule is NNC1=Nc2cccc3cccc(c23)N1. The van der Waals surface area contributed by atoms with Crippen molar-refractivity contribution in [2.45, 2.75) is 0 Å². The minimum Gasteiger partial charge on any atom is -0.324 e. The molecule has 15 heavy (non-hydrogen) atoms. The first-order valence-corrected chi connectivity index (χ1v) is 4.72. The highest BCUT2D eigenvalue weighted by atomic mass is 15.3. The van der Waals surface area contributed by atoms with Crippen molar-refractivity contribution in [2.75, 3.05) is 5.32 Å². The zero-order chi connectivity index (χ0) is 10.3. The van der Waals surface area contributed by atoms with Crippen LogP contribution in [-0.2, 0) is 0 Å². The van der Waals surface area contributed by atoms with Gasteiger partial charge >= 0.3 is 0 Å². The van der Waals surface area contributed by atoms with E-state index < -0.39 is 0 Å². The lowest BCUT2D eigenvalue weighted by Crippen LogP contribution is -2.36. The predicted octanol–water partition coefficient (Wildman–Crippen LogP) is 1.72. The summed E-state index contributed by atoms with van der Waals surface area (Å²) in [6, 6.07) is 12.1. The quantitative estimate of drug-likeness (QED) is 0.446. The molecule has 74 valence electrons. The first-order chi connectivity index (χ1) is 7.38. The minimum atomic E-state index is 0.571. The van der Waals surface area contributed by atoms with Crippen molar-refractivity contribution in [3.05, 3.63) is 36.4 Å². The van der Waals surface area contributed by atoms with E-state index in [9.17, 15) is 0 Å². The second-order valence-electron chi connectivity index (χ2n) is 3.41. The summed E-state index contributed by atoms with van der Waals surface area (Å²) in [5.74, 6) is 5.92. The van der Waals surface area contributed by atoms with Gasteiger partial charge in [-0.3, -0.25) is 5.43 Å². The van der Waals surface area contributed by atoms with Crippen LogP contribution in [0.3, 0.4) is 0 Å². The topological polar surface area (TPSA) is 62.4 Å². The first kappa shape index (κ1) is 8.26. The Labute approximate surface area is 86.8 Å². The third-order valence-corrected chi connectivity index (χ3v) is 2.50. The van der Waals surface area contributed by atoms with Crippen LogP contribution in [0.15, 0.2) is 41.4 Å². The van der Waals surface area contributed by atoms with E-state index in [0.717, 1.165) is 16.8 Å². The van der Waals surface area contributed by atoms with Gasteiger partial charge in [0.25, 0.3) is 0 Å². The summed E-state index contributed by atoms with van der Waals surface area (Å²) < 4.78 is 0. The smallest absolute Gasteiger partial charge is 0.215 e. The monoisotopic (exact) mass is 198 g/mol. The molecule has 0 aromatic heterocycles. The van der Waals surface area contributed by atoms with Crippen LogP contribution in [-0.4, -0.2) is 5.96 Å². The molecule has 0 saturated carbocycles. The lowest BCUT2D eigenvalue weighted by Gasteiger charge is -2.17. The minimum absolute atomic E-state index is 0.571. The van der Waals surface area contributed by atoms with Gasteiger partial charge in [0.1, 0.15) is 0 Å². The number of anilines is 1. The Kier molecular flexibility index (Phi) is 1.63. The van der Waals surface area contributed by atoms with Crippen LogP contribution < -0.4 is 16.6 Å². The van der Waals surface area contributed by atoms with Gasteiger partial charge in [0.15, 0.2) is 0 Å². The highest BCUT2D eigenvalue weighted by Gasteiger charge is 2.12. The predicted molar refractivity (Wildman–Crippen MR) is 62.0 cm³/mol. The lowest BCUT2D eigenvalue weighted by atomic mass is 10.1. The molecule has 0 bridgehead atoms. The van der Waals surface area contributed by atoms with Crippen LogP contribution in [0, 0.1) is 0 Å². The first-order valence-electron chi connectivity index (χ1n) is 4.72. The van der Waals surface area contributed by atoms with Crippen LogP contribution >= 0.6 is 0 Å². The fourth-order valence-corrected chi connectivity index (χ4v) is 1.86. The molecular formula is C11H10N4. The van der Waals surface area contributed by atoms with Crippen molar-refractivity contribution in [3.8, 4) is 0 Å². The summed E-state index contributed by atoms with van der Waals surface area (Å²) in [5, 5.41) is 5.44. The molecule has 0 fully saturated rings. The Hall–Kier alpha value is -2.07. The third kappa shape index (κ3) is 1.15. The van der Waals surface area contributed by atoms with Crippen molar-refractivity contribution < 1.29 is 0 Å². The van der Waals surface area contributed by atoms with Crippen LogP contribution in [0.1, 0.15) is 0 Å². The molecule has 0 aliphatic carbocycles. The van der Waals surface area contributed by atoms with Gasteiger partial charge in [0.05, 0.1) is 11.4 Å². The number of benzene rings is 2. The summed E-state index contributed by atoms with van der Waals surface area (Å²) >= 11 is 0. The summed E-state index contributed by atoms with van der Waals surface area (Å²) in [6.07, 6.45) is 0. The van der Waals surface area contributed by atoms with Crippen LogP contribution in [0.25, 0.3) is 10.8 Å². The number of nitrogens with one attached hydrogen (secondary N) is 2. The van der Waals surface area contributed by atoms with E-state index in [1.54, 1.807) is 0 Å². The van der Waals surface area contributed by atoms with Gasteiger partial charge < -0.3 is 5.32 Å². The molecule has 4 nitrogen and oxygen atoms in total. The maximum atomic E-state index is 5.34. The Balaban J connectivity index is 2.38. The number of guanidine groups is 1. The standard InChI is InChI=1S/C11H10N4/c12-15-11-13-8-5-1-3-7-4-2-6-9(14-11)10(7)8/h1-6H,12H2,(H2,13,14,15). The van der Waals surface area contributed by atoms with Gasteiger partial charge in [0, 0.05) is 5.39 Å². The fraction of sp³-hybridized carbons (Fsp3) is 0. The maximum absolute atomic E-state index is 5.34. The molecule has 2 aromatic carbocycles. The number of hydrogen-bond donors (Lipinski definition) is 3. The van der Waals surface area contributed by atoms with E-state index in [-0.39, 0.29) is 0 Å². The molecular weight excluding hydrogens is 188 g/mol. The van der Waals surface area contributed by atoms with Crippen molar-refractivity contribution in [3.63, 3.8) is 0 Å². The second-order valence-corrected chi connectivity index (χ2v) is 3.41. The summed E-state index contributed by atoms with van der Waals surface area (Å²) in [7, 11) is 0. The molecule has 1 aliphatic rings. The van der Waals surface area contributed by atoms with Gasteiger partial charge in [-0.25, -0.2) is 10.8 Å². The number of rotatable bonds is 0. The van der Waals surface area contributed by atoms with E-state index >= 15 is 0 Å². The van der Waals surface area contributed by atoms with E-state index in [1.165, 1.54) is 5.39 Å². The molecule has 1 aliphatic heterocycles. The molecule has 4 heteroatoms.